The molecule has 1 aromatic rings. The van der Waals surface area contributed by atoms with Gasteiger partial charge in [-0.3, -0.25) is 4.79 Å². The Balaban J connectivity index is 0.00000324. The fourth-order valence-electron chi connectivity index (χ4n) is 1.45. The number of ether oxygens (including phenoxy) is 1. The lowest BCUT2D eigenvalue weighted by Crippen LogP contribution is -2.33. The lowest BCUT2D eigenvalue weighted by Gasteiger charge is -2.07. The Labute approximate surface area is 119 Å². The highest BCUT2D eigenvalue weighted by molar-refractivity contribution is 5.94. The number of halogens is 2. The molecule has 0 aliphatic heterocycles. The van der Waals surface area contributed by atoms with Gasteiger partial charge in [-0.05, 0) is 30.7 Å². The van der Waals surface area contributed by atoms with Crippen molar-refractivity contribution in [3.63, 3.8) is 0 Å². The second-order valence-corrected chi connectivity index (χ2v) is 3.96. The van der Waals surface area contributed by atoms with Crippen LogP contribution in [0.25, 0.3) is 0 Å². The average molecular weight is 291 g/mol. The minimum Gasteiger partial charge on any atom is -0.383 e. The largest absolute Gasteiger partial charge is 0.383 e. The molecule has 0 radical (unpaired) electrons. The number of amides is 1. The maximum absolute atomic E-state index is 13.0. The van der Waals surface area contributed by atoms with Crippen LogP contribution in [0.1, 0.15) is 15.9 Å². The standard InChI is InChI=1S/C13H19FN2O2.ClH/c1-10-9-11(3-4-12(10)14)13(17)16-6-5-15-7-8-18-2;/h3-4,9,15H,5-8H2,1-2H3,(H,16,17);1H. The first-order chi connectivity index (χ1) is 8.65. The molecule has 0 aromatic heterocycles. The van der Waals surface area contributed by atoms with Crippen LogP contribution in [-0.2, 0) is 4.74 Å². The van der Waals surface area contributed by atoms with E-state index in [0.717, 1.165) is 6.54 Å². The number of carbonyl (C=O) groups is 1. The second-order valence-electron chi connectivity index (χ2n) is 3.96. The number of hydrogen-bond donors (Lipinski definition) is 2. The second kappa shape index (κ2) is 9.72. The van der Waals surface area contributed by atoms with Crippen LogP contribution in [0.2, 0.25) is 0 Å². The Bertz CT molecular complexity index is 402. The summed E-state index contributed by atoms with van der Waals surface area (Å²) in [5, 5.41) is 5.87. The van der Waals surface area contributed by atoms with E-state index in [9.17, 15) is 9.18 Å². The zero-order valence-electron chi connectivity index (χ0n) is 11.2. The molecule has 4 nitrogen and oxygen atoms in total. The van der Waals surface area contributed by atoms with Gasteiger partial charge >= 0.3 is 0 Å². The van der Waals surface area contributed by atoms with Crippen LogP contribution in [0.5, 0.6) is 0 Å². The normalized spacial score (nSPS) is 9.84. The summed E-state index contributed by atoms with van der Waals surface area (Å²) in [6.07, 6.45) is 0. The van der Waals surface area contributed by atoms with E-state index < -0.39 is 0 Å². The Morgan fingerprint density at radius 2 is 2.05 bits per heavy atom. The molecule has 108 valence electrons. The molecule has 0 bridgehead atoms. The zero-order chi connectivity index (χ0) is 13.4. The van der Waals surface area contributed by atoms with Gasteiger partial charge < -0.3 is 15.4 Å². The highest BCUT2D eigenvalue weighted by Crippen LogP contribution is 2.08. The molecule has 2 N–H and O–H groups in total. The summed E-state index contributed by atoms with van der Waals surface area (Å²) in [7, 11) is 1.64. The third-order valence-electron chi connectivity index (χ3n) is 2.49. The highest BCUT2D eigenvalue weighted by Gasteiger charge is 2.06. The molecule has 6 heteroatoms. The lowest BCUT2D eigenvalue weighted by molar-refractivity contribution is 0.0953. The summed E-state index contributed by atoms with van der Waals surface area (Å²) >= 11 is 0. The van der Waals surface area contributed by atoms with Crippen LogP contribution in [0.4, 0.5) is 4.39 Å². The van der Waals surface area contributed by atoms with Crippen LogP contribution in [-0.4, -0.2) is 39.3 Å². The summed E-state index contributed by atoms with van der Waals surface area (Å²) in [4.78, 5) is 11.7. The number of carbonyl (C=O) groups excluding carboxylic acids is 1. The number of nitrogens with one attached hydrogen (secondary N) is 2. The van der Waals surface area contributed by atoms with E-state index >= 15 is 0 Å². The highest BCUT2D eigenvalue weighted by atomic mass is 35.5. The molecule has 0 spiro atoms. The van der Waals surface area contributed by atoms with Crippen molar-refractivity contribution in [2.75, 3.05) is 33.4 Å². The maximum atomic E-state index is 13.0. The van der Waals surface area contributed by atoms with Gasteiger partial charge in [-0.25, -0.2) is 4.39 Å². The SMILES string of the molecule is COCCNCCNC(=O)c1ccc(F)c(C)c1.Cl. The van der Waals surface area contributed by atoms with Gasteiger partial charge in [-0.1, -0.05) is 0 Å². The van der Waals surface area contributed by atoms with E-state index in [1.54, 1.807) is 20.1 Å². The van der Waals surface area contributed by atoms with Crippen molar-refractivity contribution in [3.05, 3.63) is 35.1 Å². The van der Waals surface area contributed by atoms with Crippen molar-refractivity contribution in [2.45, 2.75) is 6.92 Å². The fourth-order valence-corrected chi connectivity index (χ4v) is 1.45. The first-order valence-electron chi connectivity index (χ1n) is 5.89. The van der Waals surface area contributed by atoms with E-state index in [-0.39, 0.29) is 24.1 Å². The van der Waals surface area contributed by atoms with E-state index in [4.69, 9.17) is 4.74 Å². The molecule has 0 aliphatic carbocycles. The molecule has 0 saturated heterocycles. The minimum atomic E-state index is -0.298. The summed E-state index contributed by atoms with van der Waals surface area (Å²) in [5.74, 6) is -0.487. The van der Waals surface area contributed by atoms with Crippen LogP contribution >= 0.6 is 12.4 Å². The molecular formula is C13H20ClFN2O2. The summed E-state index contributed by atoms with van der Waals surface area (Å²) in [6, 6.07) is 4.33. The molecule has 1 aromatic carbocycles. The van der Waals surface area contributed by atoms with Gasteiger partial charge in [0.1, 0.15) is 5.82 Å². The molecule has 0 fully saturated rings. The Morgan fingerprint density at radius 3 is 2.68 bits per heavy atom. The number of methoxy groups -OCH3 is 1. The third kappa shape index (κ3) is 6.52. The van der Waals surface area contributed by atoms with Gasteiger partial charge in [0, 0.05) is 32.3 Å². The average Bonchev–Trinajstić information content (AvgIpc) is 2.36. The summed E-state index contributed by atoms with van der Waals surface area (Å²) in [6.45, 7) is 4.24. The molecule has 0 heterocycles. The lowest BCUT2D eigenvalue weighted by atomic mass is 10.1. The van der Waals surface area contributed by atoms with Crippen LogP contribution in [0.3, 0.4) is 0 Å². The zero-order valence-corrected chi connectivity index (χ0v) is 12.0. The van der Waals surface area contributed by atoms with Crippen molar-refractivity contribution >= 4 is 18.3 Å². The van der Waals surface area contributed by atoms with Gasteiger partial charge in [0.25, 0.3) is 5.91 Å². The molecule has 1 rings (SSSR count). The van der Waals surface area contributed by atoms with Crippen molar-refractivity contribution in [3.8, 4) is 0 Å². The quantitative estimate of drug-likeness (QED) is 0.749. The van der Waals surface area contributed by atoms with E-state index in [1.165, 1.54) is 12.1 Å². The van der Waals surface area contributed by atoms with Gasteiger partial charge in [-0.2, -0.15) is 0 Å². The summed E-state index contributed by atoms with van der Waals surface area (Å²) in [5.41, 5.74) is 0.951. The number of aryl methyl sites for hydroxylation is 1. The molecule has 0 atom stereocenters. The van der Waals surface area contributed by atoms with Crippen LogP contribution < -0.4 is 10.6 Å². The first-order valence-corrected chi connectivity index (χ1v) is 5.89. The molecule has 0 saturated carbocycles. The number of benzene rings is 1. The monoisotopic (exact) mass is 290 g/mol. The van der Waals surface area contributed by atoms with Crippen molar-refractivity contribution in [2.24, 2.45) is 0 Å². The predicted octanol–water partition coefficient (Wildman–Crippen LogP) is 1.52. The maximum Gasteiger partial charge on any atom is 0.251 e. The Morgan fingerprint density at radius 1 is 1.32 bits per heavy atom. The molecular weight excluding hydrogens is 271 g/mol. The van der Waals surface area contributed by atoms with Gasteiger partial charge in [0.15, 0.2) is 0 Å². The van der Waals surface area contributed by atoms with Gasteiger partial charge in [0.2, 0.25) is 0 Å². The first kappa shape index (κ1) is 17.8. The molecule has 0 unspecified atom stereocenters. The van der Waals surface area contributed by atoms with E-state index in [1.807, 2.05) is 0 Å². The number of rotatable bonds is 7. The smallest absolute Gasteiger partial charge is 0.251 e. The van der Waals surface area contributed by atoms with Crippen molar-refractivity contribution < 1.29 is 13.9 Å². The summed E-state index contributed by atoms with van der Waals surface area (Å²) < 4.78 is 17.9. The third-order valence-corrected chi connectivity index (χ3v) is 2.49. The van der Waals surface area contributed by atoms with Gasteiger partial charge in [0.05, 0.1) is 6.61 Å². The van der Waals surface area contributed by atoms with Crippen LogP contribution in [0.15, 0.2) is 18.2 Å². The molecule has 19 heavy (non-hydrogen) atoms. The molecule has 0 aliphatic rings. The van der Waals surface area contributed by atoms with E-state index in [0.29, 0.717) is 30.8 Å². The Kier molecular flexibility index (Phi) is 9.12. The number of hydrogen-bond acceptors (Lipinski definition) is 3. The van der Waals surface area contributed by atoms with Crippen molar-refractivity contribution in [1.29, 1.82) is 0 Å². The minimum absolute atomic E-state index is 0. The molecule has 1 amide bonds. The fraction of sp³-hybridized carbons (Fsp3) is 0.462. The van der Waals surface area contributed by atoms with E-state index in [2.05, 4.69) is 10.6 Å². The van der Waals surface area contributed by atoms with Gasteiger partial charge in [-0.15, -0.1) is 12.4 Å². The topological polar surface area (TPSA) is 50.4 Å². The van der Waals surface area contributed by atoms with Crippen LogP contribution in [0, 0.1) is 12.7 Å². The Hall–Kier alpha value is -1.17. The predicted molar refractivity (Wildman–Crippen MR) is 75.5 cm³/mol. The van der Waals surface area contributed by atoms with Crippen molar-refractivity contribution in [1.82, 2.24) is 10.6 Å².